The molecule has 0 aliphatic carbocycles. The Hall–Kier alpha value is -0.820. The summed E-state index contributed by atoms with van der Waals surface area (Å²) in [6.45, 7) is 7.09. The van der Waals surface area contributed by atoms with Gasteiger partial charge in [-0.2, -0.15) is 0 Å². The molecular formula is C14H21N. The summed E-state index contributed by atoms with van der Waals surface area (Å²) >= 11 is 0. The van der Waals surface area contributed by atoms with E-state index in [4.69, 9.17) is 0 Å². The molecule has 0 N–H and O–H groups in total. The molecule has 0 spiro atoms. The number of rotatable bonds is 3. The summed E-state index contributed by atoms with van der Waals surface area (Å²) in [7, 11) is 0. The molecule has 1 fully saturated rings. The highest BCUT2D eigenvalue weighted by Gasteiger charge is 2.26. The number of hydrogen-bond donors (Lipinski definition) is 0. The van der Waals surface area contributed by atoms with Crippen LogP contribution in [0.4, 0.5) is 0 Å². The van der Waals surface area contributed by atoms with Crippen molar-refractivity contribution >= 4 is 0 Å². The summed E-state index contributed by atoms with van der Waals surface area (Å²) in [6.07, 6.45) is 2.75. The van der Waals surface area contributed by atoms with Gasteiger partial charge in [-0.15, -0.1) is 0 Å². The molecular weight excluding hydrogens is 182 g/mol. The molecule has 0 saturated carbocycles. The second-order valence-corrected chi connectivity index (χ2v) is 4.91. The van der Waals surface area contributed by atoms with E-state index in [9.17, 15) is 0 Å². The van der Waals surface area contributed by atoms with Gasteiger partial charge >= 0.3 is 0 Å². The SMILES string of the molecule is CC(C)[C@H]1CCCN1Cc1ccccc1. The maximum Gasteiger partial charge on any atom is 0.0236 e. The maximum atomic E-state index is 2.64. The normalized spacial score (nSPS) is 22.5. The molecule has 15 heavy (non-hydrogen) atoms. The first kappa shape index (κ1) is 10.7. The van der Waals surface area contributed by atoms with Crippen LogP contribution in [0.1, 0.15) is 32.3 Å². The monoisotopic (exact) mass is 203 g/mol. The lowest BCUT2D eigenvalue weighted by molar-refractivity contribution is 0.199. The fourth-order valence-electron chi connectivity index (χ4n) is 2.62. The molecule has 1 aromatic rings. The second kappa shape index (κ2) is 4.80. The summed E-state index contributed by atoms with van der Waals surface area (Å²) in [4.78, 5) is 2.64. The molecule has 0 aromatic heterocycles. The van der Waals surface area contributed by atoms with Gasteiger partial charge in [0.25, 0.3) is 0 Å². The van der Waals surface area contributed by atoms with Crippen LogP contribution >= 0.6 is 0 Å². The largest absolute Gasteiger partial charge is 0.296 e. The highest BCUT2D eigenvalue weighted by molar-refractivity contribution is 5.14. The fraction of sp³-hybridized carbons (Fsp3) is 0.571. The van der Waals surface area contributed by atoms with Gasteiger partial charge in [-0.25, -0.2) is 0 Å². The van der Waals surface area contributed by atoms with Crippen molar-refractivity contribution in [2.75, 3.05) is 6.54 Å². The molecule has 1 heterocycles. The molecule has 1 saturated heterocycles. The number of likely N-dealkylation sites (tertiary alicyclic amines) is 1. The van der Waals surface area contributed by atoms with Crippen LogP contribution in [-0.2, 0) is 6.54 Å². The summed E-state index contributed by atoms with van der Waals surface area (Å²) < 4.78 is 0. The van der Waals surface area contributed by atoms with Crippen molar-refractivity contribution in [3.05, 3.63) is 35.9 Å². The van der Waals surface area contributed by atoms with Gasteiger partial charge in [-0.1, -0.05) is 44.2 Å². The molecule has 0 radical (unpaired) electrons. The summed E-state index contributed by atoms with van der Waals surface area (Å²) in [5, 5.41) is 0. The lowest BCUT2D eigenvalue weighted by Crippen LogP contribution is -2.32. The van der Waals surface area contributed by atoms with Crippen LogP contribution in [0.2, 0.25) is 0 Å². The second-order valence-electron chi connectivity index (χ2n) is 4.91. The standard InChI is InChI=1S/C14H21N/c1-12(2)14-9-6-10-15(14)11-13-7-4-3-5-8-13/h3-5,7-8,12,14H,6,9-11H2,1-2H3/t14-/m1/s1. The molecule has 1 heteroatoms. The van der Waals surface area contributed by atoms with Gasteiger partial charge in [-0.05, 0) is 30.9 Å². The number of hydrogen-bond acceptors (Lipinski definition) is 1. The third-order valence-corrected chi connectivity index (χ3v) is 3.41. The minimum Gasteiger partial charge on any atom is -0.296 e. The van der Waals surface area contributed by atoms with Crippen molar-refractivity contribution in [1.29, 1.82) is 0 Å². The van der Waals surface area contributed by atoms with Crippen LogP contribution in [-0.4, -0.2) is 17.5 Å². The van der Waals surface area contributed by atoms with E-state index in [-0.39, 0.29) is 0 Å². The smallest absolute Gasteiger partial charge is 0.0236 e. The topological polar surface area (TPSA) is 3.24 Å². The average Bonchev–Trinajstić information content (AvgIpc) is 2.67. The van der Waals surface area contributed by atoms with Gasteiger partial charge in [-0.3, -0.25) is 4.90 Å². The van der Waals surface area contributed by atoms with Crippen LogP contribution in [0, 0.1) is 5.92 Å². The van der Waals surface area contributed by atoms with Gasteiger partial charge in [0.1, 0.15) is 0 Å². The van der Waals surface area contributed by atoms with Gasteiger partial charge < -0.3 is 0 Å². The van der Waals surface area contributed by atoms with Gasteiger partial charge in [0.05, 0.1) is 0 Å². The number of benzene rings is 1. The van der Waals surface area contributed by atoms with E-state index in [1.807, 2.05) is 0 Å². The first-order valence-electron chi connectivity index (χ1n) is 6.05. The van der Waals surface area contributed by atoms with Crippen molar-refractivity contribution in [2.24, 2.45) is 5.92 Å². The van der Waals surface area contributed by atoms with Crippen LogP contribution in [0.25, 0.3) is 0 Å². The predicted molar refractivity (Wildman–Crippen MR) is 64.7 cm³/mol. The van der Waals surface area contributed by atoms with Gasteiger partial charge in [0, 0.05) is 12.6 Å². The Labute approximate surface area is 93.1 Å². The molecule has 1 aliphatic heterocycles. The zero-order chi connectivity index (χ0) is 10.7. The lowest BCUT2D eigenvalue weighted by Gasteiger charge is -2.27. The van der Waals surface area contributed by atoms with Crippen molar-refractivity contribution < 1.29 is 0 Å². The number of nitrogens with zero attached hydrogens (tertiary/aromatic N) is 1. The molecule has 1 nitrogen and oxygen atoms in total. The van der Waals surface area contributed by atoms with Gasteiger partial charge in [0.15, 0.2) is 0 Å². The average molecular weight is 203 g/mol. The minimum absolute atomic E-state index is 0.788. The highest BCUT2D eigenvalue weighted by Crippen LogP contribution is 2.25. The first-order valence-corrected chi connectivity index (χ1v) is 6.05. The molecule has 0 amide bonds. The summed E-state index contributed by atoms with van der Waals surface area (Å²) in [5.74, 6) is 0.788. The molecule has 1 aromatic carbocycles. The minimum atomic E-state index is 0.788. The van der Waals surface area contributed by atoms with Crippen molar-refractivity contribution in [3.8, 4) is 0 Å². The Morgan fingerprint density at radius 1 is 1.27 bits per heavy atom. The van der Waals surface area contributed by atoms with E-state index in [0.29, 0.717) is 0 Å². The first-order chi connectivity index (χ1) is 7.27. The predicted octanol–water partition coefficient (Wildman–Crippen LogP) is 3.31. The van der Waals surface area contributed by atoms with E-state index in [1.54, 1.807) is 0 Å². The zero-order valence-electron chi connectivity index (χ0n) is 9.82. The maximum absolute atomic E-state index is 2.64. The van der Waals surface area contributed by atoms with Crippen LogP contribution < -0.4 is 0 Å². The Morgan fingerprint density at radius 3 is 2.67 bits per heavy atom. The highest BCUT2D eigenvalue weighted by atomic mass is 15.2. The van der Waals surface area contributed by atoms with Crippen molar-refractivity contribution in [1.82, 2.24) is 4.90 Å². The van der Waals surface area contributed by atoms with Crippen molar-refractivity contribution in [3.63, 3.8) is 0 Å². The van der Waals surface area contributed by atoms with Gasteiger partial charge in [0.2, 0.25) is 0 Å². The molecule has 0 unspecified atom stereocenters. The van der Waals surface area contributed by atoms with E-state index >= 15 is 0 Å². The molecule has 2 rings (SSSR count). The third kappa shape index (κ3) is 2.60. The van der Waals surface area contributed by atoms with Crippen LogP contribution in [0.3, 0.4) is 0 Å². The lowest BCUT2D eigenvalue weighted by atomic mass is 10.0. The Kier molecular flexibility index (Phi) is 3.42. The van der Waals surface area contributed by atoms with Crippen molar-refractivity contribution in [2.45, 2.75) is 39.3 Å². The fourth-order valence-corrected chi connectivity index (χ4v) is 2.62. The Morgan fingerprint density at radius 2 is 2.00 bits per heavy atom. The Balaban J connectivity index is 2.00. The zero-order valence-corrected chi connectivity index (χ0v) is 9.82. The van der Waals surface area contributed by atoms with E-state index in [1.165, 1.54) is 24.9 Å². The van der Waals surface area contributed by atoms with E-state index in [0.717, 1.165) is 18.5 Å². The summed E-state index contributed by atoms with van der Waals surface area (Å²) in [6, 6.07) is 11.6. The molecule has 82 valence electrons. The molecule has 1 aliphatic rings. The summed E-state index contributed by atoms with van der Waals surface area (Å²) in [5.41, 5.74) is 1.45. The van der Waals surface area contributed by atoms with Crippen LogP contribution in [0.15, 0.2) is 30.3 Å². The molecule has 0 bridgehead atoms. The quantitative estimate of drug-likeness (QED) is 0.728. The van der Waals surface area contributed by atoms with E-state index in [2.05, 4.69) is 49.1 Å². The Bertz CT molecular complexity index is 291. The molecule has 1 atom stereocenters. The van der Waals surface area contributed by atoms with Crippen LogP contribution in [0.5, 0.6) is 0 Å². The van der Waals surface area contributed by atoms with E-state index < -0.39 is 0 Å². The third-order valence-electron chi connectivity index (χ3n) is 3.41.